The van der Waals surface area contributed by atoms with Crippen molar-refractivity contribution in [1.82, 2.24) is 10.6 Å². The monoisotopic (exact) mass is 361 g/mol. The fourth-order valence-corrected chi connectivity index (χ4v) is 2.45. The SMILES string of the molecule is CC(C)C[C@H](NC(=O)OCC1COc2ccccc2O1)C(=O)NCC#N. The van der Waals surface area contributed by atoms with E-state index in [9.17, 15) is 9.59 Å². The number of nitrogens with one attached hydrogen (secondary N) is 2. The summed E-state index contributed by atoms with van der Waals surface area (Å²) in [6.07, 6.45) is -0.709. The van der Waals surface area contributed by atoms with Crippen molar-refractivity contribution in [2.75, 3.05) is 19.8 Å². The zero-order valence-corrected chi connectivity index (χ0v) is 14.9. The summed E-state index contributed by atoms with van der Waals surface area (Å²) in [7, 11) is 0. The number of hydrogen-bond donors (Lipinski definition) is 2. The first-order valence-corrected chi connectivity index (χ1v) is 8.46. The summed E-state index contributed by atoms with van der Waals surface area (Å²) in [5, 5.41) is 13.5. The largest absolute Gasteiger partial charge is 0.486 e. The first-order chi connectivity index (χ1) is 12.5. The van der Waals surface area contributed by atoms with E-state index in [1.165, 1.54) is 0 Å². The molecule has 2 amide bonds. The minimum Gasteiger partial charge on any atom is -0.486 e. The molecule has 140 valence electrons. The summed E-state index contributed by atoms with van der Waals surface area (Å²) in [6.45, 7) is 4.01. The quantitative estimate of drug-likeness (QED) is 0.714. The number of ether oxygens (including phenoxy) is 3. The predicted molar refractivity (Wildman–Crippen MR) is 92.7 cm³/mol. The molecule has 2 N–H and O–H groups in total. The molecule has 1 aromatic rings. The van der Waals surface area contributed by atoms with Crippen LogP contribution in [0, 0.1) is 17.2 Å². The van der Waals surface area contributed by atoms with Crippen LogP contribution in [0.25, 0.3) is 0 Å². The van der Waals surface area contributed by atoms with Gasteiger partial charge in [0.25, 0.3) is 0 Å². The number of rotatable bonds is 7. The standard InChI is InChI=1S/C18H23N3O5/c1-12(2)9-14(17(22)20-8-7-19)21-18(23)25-11-13-10-24-15-5-3-4-6-16(15)26-13/h3-6,12-14H,8-11H2,1-2H3,(H,20,22)(H,21,23)/t13?,14-/m0/s1. The van der Waals surface area contributed by atoms with Gasteiger partial charge in [0.05, 0.1) is 6.07 Å². The van der Waals surface area contributed by atoms with E-state index in [2.05, 4.69) is 10.6 Å². The molecule has 1 aromatic carbocycles. The Bertz CT molecular complexity index is 671. The first-order valence-electron chi connectivity index (χ1n) is 8.46. The van der Waals surface area contributed by atoms with Crippen molar-refractivity contribution in [1.29, 1.82) is 5.26 Å². The molecule has 2 atom stereocenters. The van der Waals surface area contributed by atoms with Crippen LogP contribution < -0.4 is 20.1 Å². The van der Waals surface area contributed by atoms with Crippen LogP contribution in [0.4, 0.5) is 4.79 Å². The number of alkyl carbamates (subject to hydrolysis) is 1. The molecule has 1 unspecified atom stereocenters. The minimum atomic E-state index is -0.764. The Morgan fingerprint density at radius 2 is 2.08 bits per heavy atom. The van der Waals surface area contributed by atoms with Crippen LogP contribution in [-0.4, -0.2) is 43.9 Å². The Kier molecular flexibility index (Phi) is 7.09. The highest BCUT2D eigenvalue weighted by Gasteiger charge is 2.25. The predicted octanol–water partition coefficient (Wildman–Crippen LogP) is 1.61. The number of carbonyl (C=O) groups excluding carboxylic acids is 2. The van der Waals surface area contributed by atoms with Crippen molar-refractivity contribution in [3.63, 3.8) is 0 Å². The van der Waals surface area contributed by atoms with Gasteiger partial charge in [-0.25, -0.2) is 4.79 Å². The Morgan fingerprint density at radius 1 is 1.35 bits per heavy atom. The molecule has 0 saturated carbocycles. The summed E-state index contributed by atoms with van der Waals surface area (Å²) in [4.78, 5) is 24.1. The van der Waals surface area contributed by atoms with E-state index < -0.39 is 24.1 Å². The van der Waals surface area contributed by atoms with Crippen molar-refractivity contribution >= 4 is 12.0 Å². The molecule has 0 spiro atoms. The van der Waals surface area contributed by atoms with E-state index in [1.54, 1.807) is 12.1 Å². The van der Waals surface area contributed by atoms with Gasteiger partial charge in [0, 0.05) is 0 Å². The Balaban J connectivity index is 1.82. The van der Waals surface area contributed by atoms with E-state index in [1.807, 2.05) is 32.0 Å². The van der Waals surface area contributed by atoms with Gasteiger partial charge in [0.15, 0.2) is 17.6 Å². The maximum Gasteiger partial charge on any atom is 0.407 e. The third kappa shape index (κ3) is 5.84. The average molecular weight is 361 g/mol. The molecule has 0 saturated heterocycles. The number of fused-ring (bicyclic) bond motifs is 1. The molecule has 1 aliphatic rings. The van der Waals surface area contributed by atoms with Crippen LogP contribution in [0.1, 0.15) is 20.3 Å². The van der Waals surface area contributed by atoms with Gasteiger partial charge in [-0.15, -0.1) is 0 Å². The van der Waals surface area contributed by atoms with E-state index >= 15 is 0 Å². The van der Waals surface area contributed by atoms with Crippen molar-refractivity contribution in [2.45, 2.75) is 32.4 Å². The average Bonchev–Trinajstić information content (AvgIpc) is 2.63. The molecule has 0 bridgehead atoms. The van der Waals surface area contributed by atoms with Gasteiger partial charge in [-0.2, -0.15) is 5.26 Å². The van der Waals surface area contributed by atoms with Gasteiger partial charge in [-0.3, -0.25) is 4.79 Å². The lowest BCUT2D eigenvalue weighted by molar-refractivity contribution is -0.123. The fraction of sp³-hybridized carbons (Fsp3) is 0.500. The smallest absolute Gasteiger partial charge is 0.407 e. The van der Waals surface area contributed by atoms with Gasteiger partial charge >= 0.3 is 6.09 Å². The lowest BCUT2D eigenvalue weighted by atomic mass is 10.0. The lowest BCUT2D eigenvalue weighted by Crippen LogP contribution is -2.48. The molecular formula is C18H23N3O5. The summed E-state index contributed by atoms with van der Waals surface area (Å²) >= 11 is 0. The van der Waals surface area contributed by atoms with Crippen molar-refractivity contribution < 1.29 is 23.8 Å². The van der Waals surface area contributed by atoms with Gasteiger partial charge in [-0.05, 0) is 24.5 Å². The first kappa shape index (κ1) is 19.4. The molecule has 0 aromatic heterocycles. The highest BCUT2D eigenvalue weighted by molar-refractivity contribution is 5.85. The number of benzene rings is 1. The maximum absolute atomic E-state index is 12.0. The Labute approximate surface area is 152 Å². The van der Waals surface area contributed by atoms with Crippen LogP contribution >= 0.6 is 0 Å². The fourth-order valence-electron chi connectivity index (χ4n) is 2.45. The van der Waals surface area contributed by atoms with Crippen LogP contribution in [-0.2, 0) is 9.53 Å². The molecule has 0 aliphatic carbocycles. The lowest BCUT2D eigenvalue weighted by Gasteiger charge is -2.26. The zero-order chi connectivity index (χ0) is 18.9. The van der Waals surface area contributed by atoms with E-state index in [-0.39, 0.29) is 25.7 Å². The number of hydrogen-bond acceptors (Lipinski definition) is 6. The number of amides is 2. The molecule has 0 fully saturated rings. The molecule has 1 aliphatic heterocycles. The molecule has 8 nitrogen and oxygen atoms in total. The number of para-hydroxylation sites is 2. The van der Waals surface area contributed by atoms with Crippen LogP contribution in [0.15, 0.2) is 24.3 Å². The van der Waals surface area contributed by atoms with Crippen LogP contribution in [0.3, 0.4) is 0 Å². The second kappa shape index (κ2) is 9.51. The molecular weight excluding hydrogens is 338 g/mol. The van der Waals surface area contributed by atoms with E-state index in [0.717, 1.165) is 0 Å². The van der Waals surface area contributed by atoms with Gasteiger partial charge < -0.3 is 24.8 Å². The number of carbonyl (C=O) groups is 2. The normalized spacial score (nSPS) is 16.3. The molecule has 26 heavy (non-hydrogen) atoms. The highest BCUT2D eigenvalue weighted by Crippen LogP contribution is 2.30. The Morgan fingerprint density at radius 3 is 2.77 bits per heavy atom. The Hall–Kier alpha value is -2.95. The number of nitriles is 1. The minimum absolute atomic E-state index is 0.00557. The molecule has 1 heterocycles. The molecule has 2 rings (SSSR count). The topological polar surface area (TPSA) is 110 Å². The van der Waals surface area contributed by atoms with Crippen LogP contribution in [0.5, 0.6) is 11.5 Å². The van der Waals surface area contributed by atoms with E-state index in [0.29, 0.717) is 17.9 Å². The molecule has 8 heteroatoms. The zero-order valence-electron chi connectivity index (χ0n) is 14.9. The van der Waals surface area contributed by atoms with Crippen molar-refractivity contribution in [2.24, 2.45) is 5.92 Å². The third-order valence-electron chi connectivity index (χ3n) is 3.63. The van der Waals surface area contributed by atoms with E-state index in [4.69, 9.17) is 19.5 Å². The van der Waals surface area contributed by atoms with Gasteiger partial charge in [-0.1, -0.05) is 26.0 Å². The summed E-state index contributed by atoms with van der Waals surface area (Å²) < 4.78 is 16.4. The van der Waals surface area contributed by atoms with Gasteiger partial charge in [0.2, 0.25) is 5.91 Å². The molecule has 0 radical (unpaired) electrons. The van der Waals surface area contributed by atoms with Crippen molar-refractivity contribution in [3.8, 4) is 17.6 Å². The summed E-state index contributed by atoms with van der Waals surface area (Å²) in [5.41, 5.74) is 0. The second-order valence-corrected chi connectivity index (χ2v) is 6.30. The second-order valence-electron chi connectivity index (χ2n) is 6.30. The van der Waals surface area contributed by atoms with Crippen LogP contribution in [0.2, 0.25) is 0 Å². The maximum atomic E-state index is 12.0. The third-order valence-corrected chi connectivity index (χ3v) is 3.63. The number of nitrogens with zero attached hydrogens (tertiary/aromatic N) is 1. The highest BCUT2D eigenvalue weighted by atomic mass is 16.6. The summed E-state index contributed by atoms with van der Waals surface area (Å²) in [6, 6.07) is 8.32. The van der Waals surface area contributed by atoms with Crippen molar-refractivity contribution in [3.05, 3.63) is 24.3 Å². The summed E-state index contributed by atoms with van der Waals surface area (Å²) in [5.74, 6) is 1.02. The van der Waals surface area contributed by atoms with Gasteiger partial charge in [0.1, 0.15) is 25.8 Å².